The van der Waals surface area contributed by atoms with Gasteiger partial charge in [0.05, 0.1) is 21.9 Å². The number of nitrogens with zero attached hydrogens (tertiary/aromatic N) is 1. The van der Waals surface area contributed by atoms with E-state index in [9.17, 15) is 19.2 Å². The second-order valence-corrected chi connectivity index (χ2v) is 7.41. The van der Waals surface area contributed by atoms with Crippen LogP contribution in [0.5, 0.6) is 0 Å². The first-order valence-electron chi connectivity index (χ1n) is 8.62. The van der Waals surface area contributed by atoms with E-state index in [0.717, 1.165) is 17.7 Å². The van der Waals surface area contributed by atoms with Crippen molar-refractivity contribution in [2.75, 3.05) is 18.5 Å². The molecule has 27 heavy (non-hydrogen) atoms. The van der Waals surface area contributed by atoms with Gasteiger partial charge in [-0.1, -0.05) is 36.0 Å². The number of carbonyl (C=O) groups excluding carboxylic acids is 4. The number of amides is 3. The molecule has 0 spiro atoms. The van der Waals surface area contributed by atoms with Crippen LogP contribution in [0.25, 0.3) is 0 Å². The number of esters is 1. The molecule has 2 aliphatic rings. The summed E-state index contributed by atoms with van der Waals surface area (Å²) >= 11 is 11.7. The molecule has 0 unspecified atom stereocenters. The van der Waals surface area contributed by atoms with E-state index in [2.05, 4.69) is 5.32 Å². The van der Waals surface area contributed by atoms with Gasteiger partial charge in [-0.05, 0) is 31.0 Å². The molecule has 1 saturated heterocycles. The van der Waals surface area contributed by atoms with Crippen molar-refractivity contribution in [2.45, 2.75) is 25.7 Å². The molecule has 2 fully saturated rings. The van der Waals surface area contributed by atoms with Crippen molar-refractivity contribution in [2.24, 2.45) is 11.8 Å². The standard InChI is InChI=1S/C18H18Cl2N2O5/c19-13-6-5-10(7-14(13)20)21-15(23)9-27-16(24)8-22-17(25)11-3-1-2-4-12(11)18(22)26/h5-7,11-12H,1-4,8-9H2,(H,21,23)/t11-,12-/m0/s1. The zero-order chi connectivity index (χ0) is 19.6. The van der Waals surface area contributed by atoms with Crippen molar-refractivity contribution in [3.05, 3.63) is 28.2 Å². The minimum absolute atomic E-state index is 0.277. The van der Waals surface area contributed by atoms with Crippen LogP contribution in [0, 0.1) is 11.8 Å². The molecule has 3 amide bonds. The number of hydrogen-bond acceptors (Lipinski definition) is 5. The predicted molar refractivity (Wildman–Crippen MR) is 98.2 cm³/mol. The monoisotopic (exact) mass is 412 g/mol. The maximum absolute atomic E-state index is 12.3. The number of imide groups is 1. The second-order valence-electron chi connectivity index (χ2n) is 6.60. The average Bonchev–Trinajstić information content (AvgIpc) is 2.88. The third kappa shape index (κ3) is 4.42. The lowest BCUT2D eigenvalue weighted by atomic mass is 9.81. The van der Waals surface area contributed by atoms with Crippen LogP contribution in [0.2, 0.25) is 10.0 Å². The van der Waals surface area contributed by atoms with Gasteiger partial charge in [0.15, 0.2) is 6.61 Å². The van der Waals surface area contributed by atoms with E-state index in [1.54, 1.807) is 6.07 Å². The number of nitrogens with one attached hydrogen (secondary N) is 1. The largest absolute Gasteiger partial charge is 0.454 e. The minimum atomic E-state index is -0.806. The van der Waals surface area contributed by atoms with Crippen LogP contribution in [0.4, 0.5) is 5.69 Å². The summed E-state index contributed by atoms with van der Waals surface area (Å²) in [5.41, 5.74) is 0.402. The van der Waals surface area contributed by atoms with Crippen LogP contribution < -0.4 is 5.32 Å². The molecule has 0 radical (unpaired) electrons. The molecule has 9 heteroatoms. The molecule has 0 aromatic heterocycles. The summed E-state index contributed by atoms with van der Waals surface area (Å²) in [4.78, 5) is 49.4. The van der Waals surface area contributed by atoms with Crippen molar-refractivity contribution in [1.82, 2.24) is 4.90 Å². The second kappa shape index (κ2) is 8.27. The summed E-state index contributed by atoms with van der Waals surface area (Å²) in [6.45, 7) is -1.01. The number of halogens is 2. The van der Waals surface area contributed by atoms with Crippen LogP contribution >= 0.6 is 23.2 Å². The quantitative estimate of drug-likeness (QED) is 0.592. The van der Waals surface area contributed by atoms with Crippen molar-refractivity contribution < 1.29 is 23.9 Å². The summed E-state index contributed by atoms with van der Waals surface area (Å²) in [6, 6.07) is 4.54. The third-order valence-electron chi connectivity index (χ3n) is 4.79. The van der Waals surface area contributed by atoms with Crippen LogP contribution in [0.1, 0.15) is 25.7 Å². The molecule has 1 aliphatic carbocycles. The lowest BCUT2D eigenvalue weighted by molar-refractivity contribution is -0.154. The van der Waals surface area contributed by atoms with Gasteiger partial charge in [-0.15, -0.1) is 0 Å². The molecule has 1 aliphatic heterocycles. The summed E-state index contributed by atoms with van der Waals surface area (Å²) in [7, 11) is 0. The summed E-state index contributed by atoms with van der Waals surface area (Å²) in [6.07, 6.45) is 3.17. The molecule has 1 aromatic carbocycles. The number of rotatable bonds is 5. The summed E-state index contributed by atoms with van der Waals surface area (Å²) in [5, 5.41) is 3.14. The van der Waals surface area contributed by atoms with Crippen molar-refractivity contribution in [3.8, 4) is 0 Å². The summed E-state index contributed by atoms with van der Waals surface area (Å²) < 4.78 is 4.89. The molecule has 2 atom stereocenters. The molecule has 1 aromatic rings. The van der Waals surface area contributed by atoms with Crippen LogP contribution in [0.15, 0.2) is 18.2 Å². The Morgan fingerprint density at radius 3 is 2.30 bits per heavy atom. The Kier molecular flexibility index (Phi) is 6.01. The highest BCUT2D eigenvalue weighted by Gasteiger charge is 2.48. The van der Waals surface area contributed by atoms with Gasteiger partial charge in [0.1, 0.15) is 6.54 Å². The highest BCUT2D eigenvalue weighted by atomic mass is 35.5. The molecule has 0 bridgehead atoms. The van der Waals surface area contributed by atoms with Crippen LogP contribution in [-0.4, -0.2) is 41.7 Å². The highest BCUT2D eigenvalue weighted by molar-refractivity contribution is 6.42. The SMILES string of the molecule is O=C(COC(=O)CN1C(=O)[C@H]2CCCC[C@@H]2C1=O)Nc1ccc(Cl)c(Cl)c1. The Hall–Kier alpha value is -2.12. The molecular weight excluding hydrogens is 395 g/mol. The van der Waals surface area contributed by atoms with E-state index < -0.39 is 25.0 Å². The molecule has 1 heterocycles. The Labute approximate surface area is 165 Å². The first-order valence-corrected chi connectivity index (χ1v) is 9.38. The molecule has 3 rings (SSSR count). The fraction of sp³-hybridized carbons (Fsp3) is 0.444. The first kappa shape index (κ1) is 19.6. The number of fused-ring (bicyclic) bond motifs is 1. The highest BCUT2D eigenvalue weighted by Crippen LogP contribution is 2.37. The van der Waals surface area contributed by atoms with Gasteiger partial charge in [-0.25, -0.2) is 0 Å². The maximum atomic E-state index is 12.3. The fourth-order valence-electron chi connectivity index (χ4n) is 3.48. The van der Waals surface area contributed by atoms with Gasteiger partial charge in [0, 0.05) is 5.69 Å². The maximum Gasteiger partial charge on any atom is 0.326 e. The van der Waals surface area contributed by atoms with Crippen molar-refractivity contribution in [3.63, 3.8) is 0 Å². The normalized spacial score (nSPS) is 21.8. The Morgan fingerprint density at radius 1 is 1.07 bits per heavy atom. The minimum Gasteiger partial charge on any atom is -0.454 e. The van der Waals surface area contributed by atoms with Crippen LogP contribution in [-0.2, 0) is 23.9 Å². The molecule has 7 nitrogen and oxygen atoms in total. The lowest BCUT2D eigenvalue weighted by Gasteiger charge is -2.19. The zero-order valence-corrected chi connectivity index (χ0v) is 15.9. The van der Waals surface area contributed by atoms with E-state index in [1.165, 1.54) is 12.1 Å². The Morgan fingerprint density at radius 2 is 1.70 bits per heavy atom. The number of hydrogen-bond donors (Lipinski definition) is 1. The number of benzene rings is 1. The molecule has 1 N–H and O–H groups in total. The van der Waals surface area contributed by atoms with Crippen LogP contribution in [0.3, 0.4) is 0 Å². The van der Waals surface area contributed by atoms with Gasteiger partial charge < -0.3 is 10.1 Å². The van der Waals surface area contributed by atoms with Gasteiger partial charge in [0.2, 0.25) is 11.8 Å². The van der Waals surface area contributed by atoms with Crippen molar-refractivity contribution in [1.29, 1.82) is 0 Å². The molecule has 1 saturated carbocycles. The molecular formula is C18H18Cl2N2O5. The summed E-state index contributed by atoms with van der Waals surface area (Å²) in [5.74, 6) is -2.66. The van der Waals surface area contributed by atoms with E-state index in [0.29, 0.717) is 23.6 Å². The van der Waals surface area contributed by atoms with Gasteiger partial charge in [0.25, 0.3) is 5.91 Å². The van der Waals surface area contributed by atoms with Crippen molar-refractivity contribution >= 4 is 52.6 Å². The van der Waals surface area contributed by atoms with E-state index in [1.807, 2.05) is 0 Å². The van der Waals surface area contributed by atoms with Gasteiger partial charge in [-0.3, -0.25) is 24.1 Å². The predicted octanol–water partition coefficient (Wildman–Crippen LogP) is 2.65. The number of likely N-dealkylation sites (tertiary alicyclic amines) is 1. The lowest BCUT2D eigenvalue weighted by Crippen LogP contribution is -2.37. The van der Waals surface area contributed by atoms with E-state index in [-0.39, 0.29) is 28.7 Å². The van der Waals surface area contributed by atoms with E-state index >= 15 is 0 Å². The number of anilines is 1. The zero-order valence-electron chi connectivity index (χ0n) is 14.4. The van der Waals surface area contributed by atoms with Gasteiger partial charge in [-0.2, -0.15) is 0 Å². The molecule has 144 valence electrons. The average molecular weight is 413 g/mol. The fourth-order valence-corrected chi connectivity index (χ4v) is 3.78. The Balaban J connectivity index is 1.49. The number of ether oxygens (including phenoxy) is 1. The van der Waals surface area contributed by atoms with E-state index in [4.69, 9.17) is 27.9 Å². The topological polar surface area (TPSA) is 92.8 Å². The van der Waals surface area contributed by atoms with Gasteiger partial charge >= 0.3 is 5.97 Å². The third-order valence-corrected chi connectivity index (χ3v) is 5.53. The smallest absolute Gasteiger partial charge is 0.326 e. The number of carbonyl (C=O) groups is 4. The Bertz CT molecular complexity index is 774. The first-order chi connectivity index (χ1) is 12.9.